The summed E-state index contributed by atoms with van der Waals surface area (Å²) < 4.78 is 0. The minimum atomic E-state index is -0.0929. The molecule has 0 unspecified atom stereocenters. The number of hydrogen-bond donors (Lipinski definition) is 3. The Morgan fingerprint density at radius 2 is 1.86 bits per heavy atom. The van der Waals surface area contributed by atoms with Crippen molar-refractivity contribution >= 4 is 23.5 Å². The standard InChI is InChI=1S/C22H29ClN4O/c1-22(2,18-9-6-10-19(23)14-18)15-27-21(25-4)26-12-11-16-7-5-8-17(13-16)20(28)24-3/h5-10,13-14H,11-12,15H2,1-4H3,(H,24,28)(H2,25,26,27). The summed E-state index contributed by atoms with van der Waals surface area (Å²) in [5, 5.41) is 10.1. The first-order valence-electron chi connectivity index (χ1n) is 9.37. The van der Waals surface area contributed by atoms with Crippen LogP contribution in [-0.2, 0) is 11.8 Å². The normalized spacial score (nSPS) is 11.8. The topological polar surface area (TPSA) is 65.5 Å². The van der Waals surface area contributed by atoms with E-state index in [1.807, 2.05) is 42.5 Å². The van der Waals surface area contributed by atoms with Crippen molar-refractivity contribution in [3.8, 4) is 0 Å². The molecule has 0 heterocycles. The number of carbonyl (C=O) groups excluding carboxylic acids is 1. The van der Waals surface area contributed by atoms with Crippen LogP contribution in [-0.4, -0.2) is 39.1 Å². The van der Waals surface area contributed by atoms with E-state index in [0.29, 0.717) is 12.1 Å². The van der Waals surface area contributed by atoms with Gasteiger partial charge in [0.1, 0.15) is 0 Å². The highest BCUT2D eigenvalue weighted by Gasteiger charge is 2.21. The van der Waals surface area contributed by atoms with Crippen LogP contribution in [0.2, 0.25) is 5.02 Å². The van der Waals surface area contributed by atoms with Crippen LogP contribution in [0.4, 0.5) is 0 Å². The minimum absolute atomic E-state index is 0.0736. The zero-order valence-corrected chi connectivity index (χ0v) is 17.7. The van der Waals surface area contributed by atoms with Crippen LogP contribution < -0.4 is 16.0 Å². The Bertz CT molecular complexity index is 833. The fourth-order valence-electron chi connectivity index (χ4n) is 2.87. The van der Waals surface area contributed by atoms with Crippen LogP contribution in [0.1, 0.15) is 35.3 Å². The number of guanidine groups is 1. The number of aliphatic imine (C=N–C) groups is 1. The highest BCUT2D eigenvalue weighted by Crippen LogP contribution is 2.24. The van der Waals surface area contributed by atoms with Crippen molar-refractivity contribution < 1.29 is 4.79 Å². The molecule has 2 rings (SSSR count). The zero-order valence-electron chi connectivity index (χ0n) is 17.0. The molecule has 0 aliphatic heterocycles. The number of benzene rings is 2. The van der Waals surface area contributed by atoms with Crippen LogP contribution in [0.3, 0.4) is 0 Å². The van der Waals surface area contributed by atoms with Gasteiger partial charge in [-0.1, -0.05) is 49.7 Å². The summed E-state index contributed by atoms with van der Waals surface area (Å²) in [6.07, 6.45) is 0.795. The van der Waals surface area contributed by atoms with Crippen molar-refractivity contribution in [3.63, 3.8) is 0 Å². The van der Waals surface area contributed by atoms with Crippen molar-refractivity contribution in [3.05, 3.63) is 70.2 Å². The number of hydrogen-bond acceptors (Lipinski definition) is 2. The largest absolute Gasteiger partial charge is 0.356 e. The van der Waals surface area contributed by atoms with Crippen LogP contribution in [0.25, 0.3) is 0 Å². The second kappa shape index (κ2) is 10.1. The molecule has 2 aromatic carbocycles. The molecule has 0 fully saturated rings. The third kappa shape index (κ3) is 6.27. The Kier molecular flexibility index (Phi) is 7.88. The quantitative estimate of drug-likeness (QED) is 0.493. The third-order valence-corrected chi connectivity index (χ3v) is 4.88. The molecule has 0 saturated carbocycles. The monoisotopic (exact) mass is 400 g/mol. The van der Waals surface area contributed by atoms with Gasteiger partial charge in [0.05, 0.1) is 0 Å². The number of amides is 1. The van der Waals surface area contributed by atoms with E-state index in [9.17, 15) is 4.79 Å². The summed E-state index contributed by atoms with van der Waals surface area (Å²) in [4.78, 5) is 16.0. The summed E-state index contributed by atoms with van der Waals surface area (Å²) in [5.74, 6) is 0.674. The van der Waals surface area contributed by atoms with E-state index in [1.165, 1.54) is 5.56 Å². The molecule has 28 heavy (non-hydrogen) atoms. The van der Waals surface area contributed by atoms with Crippen LogP contribution in [0, 0.1) is 0 Å². The van der Waals surface area contributed by atoms with Gasteiger partial charge in [0.25, 0.3) is 5.91 Å². The number of nitrogens with zero attached hydrogens (tertiary/aromatic N) is 1. The molecule has 0 aliphatic rings. The molecule has 5 nitrogen and oxygen atoms in total. The predicted molar refractivity (Wildman–Crippen MR) is 117 cm³/mol. The molecule has 3 N–H and O–H groups in total. The van der Waals surface area contributed by atoms with Crippen molar-refractivity contribution in [2.45, 2.75) is 25.7 Å². The maximum atomic E-state index is 11.7. The lowest BCUT2D eigenvalue weighted by Crippen LogP contribution is -2.44. The van der Waals surface area contributed by atoms with E-state index in [4.69, 9.17) is 11.6 Å². The first-order chi connectivity index (χ1) is 13.4. The van der Waals surface area contributed by atoms with Crippen LogP contribution in [0.15, 0.2) is 53.5 Å². The Hall–Kier alpha value is -2.53. The summed E-state index contributed by atoms with van der Waals surface area (Å²) in [6.45, 7) is 5.78. The molecule has 150 valence electrons. The Morgan fingerprint density at radius 3 is 2.54 bits per heavy atom. The molecule has 0 saturated heterocycles. The van der Waals surface area contributed by atoms with Gasteiger partial charge in [-0.3, -0.25) is 9.79 Å². The maximum Gasteiger partial charge on any atom is 0.251 e. The van der Waals surface area contributed by atoms with E-state index in [1.54, 1.807) is 14.1 Å². The van der Waals surface area contributed by atoms with Gasteiger partial charge in [-0.2, -0.15) is 0 Å². The van der Waals surface area contributed by atoms with E-state index >= 15 is 0 Å². The van der Waals surface area contributed by atoms with E-state index in [0.717, 1.165) is 29.5 Å². The number of nitrogens with one attached hydrogen (secondary N) is 3. The first-order valence-corrected chi connectivity index (χ1v) is 9.75. The van der Waals surface area contributed by atoms with Gasteiger partial charge in [-0.05, 0) is 41.8 Å². The van der Waals surface area contributed by atoms with Crippen molar-refractivity contribution in [2.75, 3.05) is 27.2 Å². The van der Waals surface area contributed by atoms with Gasteiger partial charge < -0.3 is 16.0 Å². The average molecular weight is 401 g/mol. The van der Waals surface area contributed by atoms with E-state index in [-0.39, 0.29) is 11.3 Å². The van der Waals surface area contributed by atoms with Gasteiger partial charge in [0, 0.05) is 43.2 Å². The first kappa shape index (κ1) is 21.8. The predicted octanol–water partition coefficient (Wildman–Crippen LogP) is 3.38. The highest BCUT2D eigenvalue weighted by molar-refractivity contribution is 6.30. The maximum absolute atomic E-state index is 11.7. The van der Waals surface area contributed by atoms with Crippen LogP contribution in [0.5, 0.6) is 0 Å². The molecule has 0 atom stereocenters. The van der Waals surface area contributed by atoms with Crippen molar-refractivity contribution in [1.29, 1.82) is 0 Å². The lowest BCUT2D eigenvalue weighted by Gasteiger charge is -2.27. The lowest BCUT2D eigenvalue weighted by molar-refractivity contribution is 0.0963. The molecule has 0 spiro atoms. The Morgan fingerprint density at radius 1 is 1.11 bits per heavy atom. The van der Waals surface area contributed by atoms with Gasteiger partial charge in [0.15, 0.2) is 5.96 Å². The molecular formula is C22H29ClN4O. The molecule has 1 amide bonds. The van der Waals surface area contributed by atoms with E-state index in [2.05, 4.69) is 40.9 Å². The Balaban J connectivity index is 1.87. The summed E-state index contributed by atoms with van der Waals surface area (Å²) in [6, 6.07) is 15.6. The fraction of sp³-hybridized carbons (Fsp3) is 0.364. The zero-order chi connectivity index (χ0) is 20.6. The van der Waals surface area contributed by atoms with Crippen LogP contribution >= 0.6 is 11.6 Å². The van der Waals surface area contributed by atoms with Gasteiger partial charge >= 0.3 is 0 Å². The smallest absolute Gasteiger partial charge is 0.251 e. The fourth-order valence-corrected chi connectivity index (χ4v) is 3.06. The summed E-state index contributed by atoms with van der Waals surface area (Å²) >= 11 is 6.13. The summed E-state index contributed by atoms with van der Waals surface area (Å²) in [5.41, 5.74) is 2.85. The third-order valence-electron chi connectivity index (χ3n) is 4.65. The molecule has 2 aromatic rings. The number of halogens is 1. The van der Waals surface area contributed by atoms with Gasteiger partial charge in [0.2, 0.25) is 0 Å². The number of rotatable bonds is 7. The minimum Gasteiger partial charge on any atom is -0.356 e. The average Bonchev–Trinajstić information content (AvgIpc) is 2.70. The van der Waals surface area contributed by atoms with Crippen molar-refractivity contribution in [2.24, 2.45) is 4.99 Å². The van der Waals surface area contributed by atoms with Gasteiger partial charge in [-0.25, -0.2) is 0 Å². The lowest BCUT2D eigenvalue weighted by atomic mass is 9.84. The molecular weight excluding hydrogens is 372 g/mol. The van der Waals surface area contributed by atoms with E-state index < -0.39 is 0 Å². The SMILES string of the molecule is CN=C(NCCc1cccc(C(=O)NC)c1)NCC(C)(C)c1cccc(Cl)c1. The van der Waals surface area contributed by atoms with Gasteiger partial charge in [-0.15, -0.1) is 0 Å². The summed E-state index contributed by atoms with van der Waals surface area (Å²) in [7, 11) is 3.39. The molecule has 0 bridgehead atoms. The molecule has 0 radical (unpaired) electrons. The molecule has 0 aromatic heterocycles. The molecule has 6 heteroatoms. The van der Waals surface area contributed by atoms with Crippen molar-refractivity contribution in [1.82, 2.24) is 16.0 Å². The molecule has 0 aliphatic carbocycles. The number of carbonyl (C=O) groups is 1. The second-order valence-corrected chi connectivity index (χ2v) is 7.71. The second-order valence-electron chi connectivity index (χ2n) is 7.28. The Labute approximate surface area is 172 Å². The highest BCUT2D eigenvalue weighted by atomic mass is 35.5.